The molecule has 1 amide bonds. The number of thioether (sulfide) groups is 1. The molecule has 0 N–H and O–H groups in total. The third-order valence-electron chi connectivity index (χ3n) is 4.79. The highest BCUT2D eigenvalue weighted by Crippen LogP contribution is 2.37. The smallest absolute Gasteiger partial charge is 0.266 e. The molecule has 0 bridgehead atoms. The highest BCUT2D eigenvalue weighted by Gasteiger charge is 2.37. The van der Waals surface area contributed by atoms with Crippen molar-refractivity contribution in [3.8, 4) is 11.3 Å². The van der Waals surface area contributed by atoms with Crippen LogP contribution in [0, 0.1) is 0 Å². The summed E-state index contributed by atoms with van der Waals surface area (Å²) in [5.41, 5.74) is 0.948. The third-order valence-corrected chi connectivity index (χ3v) is 6.37. The monoisotopic (exact) mass is 403 g/mol. The summed E-state index contributed by atoms with van der Waals surface area (Å²) in [6.45, 7) is 0. The Morgan fingerprint density at radius 2 is 1.85 bits per heavy atom. The molecule has 1 aromatic heterocycles. The quantitative estimate of drug-likeness (QED) is 0.455. The molecule has 4 rings (SSSR count). The lowest BCUT2D eigenvalue weighted by molar-refractivity contribution is -0.124. The van der Waals surface area contributed by atoms with Gasteiger partial charge < -0.3 is 4.42 Å². The van der Waals surface area contributed by atoms with Gasteiger partial charge in [-0.25, -0.2) is 0 Å². The molecule has 0 radical (unpaired) electrons. The van der Waals surface area contributed by atoms with Crippen molar-refractivity contribution >= 4 is 51.9 Å². The lowest BCUT2D eigenvalue weighted by atomic mass is 9.94. The van der Waals surface area contributed by atoms with E-state index < -0.39 is 0 Å². The summed E-state index contributed by atoms with van der Waals surface area (Å²) in [5.74, 6) is 1.41. The Hall–Kier alpha value is -1.56. The number of halogens is 1. The van der Waals surface area contributed by atoms with Crippen LogP contribution in [0.4, 0.5) is 0 Å². The van der Waals surface area contributed by atoms with Gasteiger partial charge in [-0.15, -0.1) is 0 Å². The van der Waals surface area contributed by atoms with E-state index in [0.717, 1.165) is 24.2 Å². The van der Waals surface area contributed by atoms with Crippen LogP contribution in [-0.4, -0.2) is 21.2 Å². The van der Waals surface area contributed by atoms with Gasteiger partial charge in [0.1, 0.15) is 15.8 Å². The Bertz CT molecular complexity index is 866. The van der Waals surface area contributed by atoms with Crippen LogP contribution in [-0.2, 0) is 4.79 Å². The molecule has 2 fully saturated rings. The fraction of sp³-hybridized carbons (Fsp3) is 0.300. The molecular formula is C20H18ClNO2S2. The normalized spacial score (nSPS) is 20.3. The van der Waals surface area contributed by atoms with E-state index in [2.05, 4.69) is 0 Å². The molecule has 0 spiro atoms. The maximum Gasteiger partial charge on any atom is 0.266 e. The van der Waals surface area contributed by atoms with Crippen molar-refractivity contribution < 1.29 is 9.21 Å². The Labute approximate surface area is 167 Å². The summed E-state index contributed by atoms with van der Waals surface area (Å²) < 4.78 is 6.55. The minimum absolute atomic E-state index is 0.0105. The molecule has 26 heavy (non-hydrogen) atoms. The zero-order valence-corrected chi connectivity index (χ0v) is 16.5. The number of hydrogen-bond donors (Lipinski definition) is 0. The summed E-state index contributed by atoms with van der Waals surface area (Å²) in [5, 5.41) is 0.687. The molecule has 0 atom stereocenters. The Kier molecular flexibility index (Phi) is 5.20. The van der Waals surface area contributed by atoms with Gasteiger partial charge in [0.05, 0.1) is 4.91 Å². The summed E-state index contributed by atoms with van der Waals surface area (Å²) in [4.78, 5) is 15.3. The number of thiocarbonyl (C=S) groups is 1. The zero-order valence-electron chi connectivity index (χ0n) is 14.1. The largest absolute Gasteiger partial charge is 0.457 e. The van der Waals surface area contributed by atoms with E-state index in [1.165, 1.54) is 31.0 Å². The number of carbonyl (C=O) groups excluding carboxylic acids is 1. The number of nitrogens with zero attached hydrogens (tertiary/aromatic N) is 1. The summed E-state index contributed by atoms with van der Waals surface area (Å²) in [7, 11) is 0. The first kappa shape index (κ1) is 17.8. The molecule has 134 valence electrons. The van der Waals surface area contributed by atoms with Gasteiger partial charge in [-0.2, -0.15) is 0 Å². The van der Waals surface area contributed by atoms with Crippen molar-refractivity contribution in [1.29, 1.82) is 0 Å². The topological polar surface area (TPSA) is 33.5 Å². The first-order valence-electron chi connectivity index (χ1n) is 8.75. The van der Waals surface area contributed by atoms with Gasteiger partial charge in [0.25, 0.3) is 5.91 Å². The summed E-state index contributed by atoms with van der Waals surface area (Å²) in [6, 6.07) is 11.5. The maximum atomic E-state index is 12.8. The molecule has 6 heteroatoms. The molecular weight excluding hydrogens is 386 g/mol. The van der Waals surface area contributed by atoms with Gasteiger partial charge in [-0.1, -0.05) is 54.8 Å². The maximum absolute atomic E-state index is 12.8. The Morgan fingerprint density at radius 3 is 2.58 bits per heavy atom. The lowest BCUT2D eigenvalue weighted by Crippen LogP contribution is -2.39. The highest BCUT2D eigenvalue weighted by atomic mass is 35.5. The van der Waals surface area contributed by atoms with Crippen LogP contribution in [0.2, 0.25) is 5.02 Å². The predicted octanol–water partition coefficient (Wildman–Crippen LogP) is 6.13. The summed E-state index contributed by atoms with van der Waals surface area (Å²) in [6.07, 6.45) is 7.47. The van der Waals surface area contributed by atoms with Crippen LogP contribution in [0.15, 0.2) is 45.7 Å². The highest BCUT2D eigenvalue weighted by molar-refractivity contribution is 8.26. The molecule has 1 aromatic carbocycles. The molecule has 1 aliphatic heterocycles. The first-order valence-corrected chi connectivity index (χ1v) is 10.3. The lowest BCUT2D eigenvalue weighted by Gasteiger charge is -2.29. The van der Waals surface area contributed by atoms with Crippen LogP contribution in [0.5, 0.6) is 0 Å². The first-order chi connectivity index (χ1) is 12.6. The van der Waals surface area contributed by atoms with Crippen molar-refractivity contribution in [3.05, 3.63) is 52.1 Å². The van der Waals surface area contributed by atoms with E-state index in [9.17, 15) is 4.79 Å². The van der Waals surface area contributed by atoms with Crippen molar-refractivity contribution in [1.82, 2.24) is 4.90 Å². The molecule has 2 aliphatic rings. The van der Waals surface area contributed by atoms with E-state index in [1.807, 2.05) is 41.3 Å². The van der Waals surface area contributed by atoms with Crippen LogP contribution >= 0.6 is 35.6 Å². The third kappa shape index (κ3) is 3.61. The van der Waals surface area contributed by atoms with E-state index in [0.29, 0.717) is 20.0 Å². The number of furan rings is 1. The second-order valence-corrected chi connectivity index (χ2v) is 8.66. The predicted molar refractivity (Wildman–Crippen MR) is 111 cm³/mol. The second-order valence-electron chi connectivity index (χ2n) is 6.55. The molecule has 0 unspecified atom stereocenters. The van der Waals surface area contributed by atoms with E-state index in [1.54, 1.807) is 6.08 Å². The van der Waals surface area contributed by atoms with Crippen LogP contribution in [0.1, 0.15) is 37.9 Å². The average Bonchev–Trinajstić information content (AvgIpc) is 3.21. The Morgan fingerprint density at radius 1 is 1.12 bits per heavy atom. The average molecular weight is 404 g/mol. The number of carbonyl (C=O) groups is 1. The number of benzene rings is 1. The van der Waals surface area contributed by atoms with Crippen molar-refractivity contribution in [2.24, 2.45) is 0 Å². The van der Waals surface area contributed by atoms with E-state index in [-0.39, 0.29) is 11.9 Å². The molecule has 1 saturated carbocycles. The fourth-order valence-electron chi connectivity index (χ4n) is 3.46. The number of hydrogen-bond acceptors (Lipinski definition) is 4. The van der Waals surface area contributed by atoms with Gasteiger partial charge >= 0.3 is 0 Å². The van der Waals surface area contributed by atoms with Gasteiger partial charge in [-0.05, 0) is 49.2 Å². The fourth-order valence-corrected chi connectivity index (χ4v) is 4.97. The van der Waals surface area contributed by atoms with Crippen LogP contribution in [0.3, 0.4) is 0 Å². The Balaban J connectivity index is 1.54. The molecule has 2 aromatic rings. The molecule has 1 saturated heterocycles. The number of rotatable bonds is 3. The van der Waals surface area contributed by atoms with Crippen molar-refractivity contribution in [2.75, 3.05) is 0 Å². The van der Waals surface area contributed by atoms with E-state index >= 15 is 0 Å². The van der Waals surface area contributed by atoms with Gasteiger partial charge in [0.15, 0.2) is 0 Å². The zero-order chi connectivity index (χ0) is 18.1. The van der Waals surface area contributed by atoms with Gasteiger partial charge in [0, 0.05) is 22.7 Å². The summed E-state index contributed by atoms with van der Waals surface area (Å²) >= 11 is 12.8. The van der Waals surface area contributed by atoms with Crippen molar-refractivity contribution in [2.45, 2.75) is 38.1 Å². The molecule has 3 nitrogen and oxygen atoms in total. The SMILES string of the molecule is O=C1C(=Cc2ccc(-c3ccc(Cl)cc3)o2)SC(=S)N1C1CCCCC1. The minimum atomic E-state index is 0.0105. The minimum Gasteiger partial charge on any atom is -0.457 e. The molecule has 1 aliphatic carbocycles. The van der Waals surface area contributed by atoms with Crippen molar-refractivity contribution in [3.63, 3.8) is 0 Å². The standard InChI is InChI=1S/C20H18ClNO2S2/c21-14-8-6-13(7-9-14)17-11-10-16(24-17)12-18-19(23)22(20(25)26-18)15-4-2-1-3-5-15/h6-12,15H,1-5H2. The van der Waals surface area contributed by atoms with Gasteiger partial charge in [0.2, 0.25) is 0 Å². The molecule has 2 heterocycles. The number of amides is 1. The van der Waals surface area contributed by atoms with E-state index in [4.69, 9.17) is 28.2 Å². The van der Waals surface area contributed by atoms with Gasteiger partial charge in [-0.3, -0.25) is 9.69 Å². The second kappa shape index (κ2) is 7.59. The van der Waals surface area contributed by atoms with Crippen LogP contribution in [0.25, 0.3) is 17.4 Å². The van der Waals surface area contributed by atoms with Crippen LogP contribution < -0.4 is 0 Å².